The van der Waals surface area contributed by atoms with Crippen LogP contribution >= 0.6 is 0 Å². The summed E-state index contributed by atoms with van der Waals surface area (Å²) < 4.78 is 0. The van der Waals surface area contributed by atoms with E-state index in [1.54, 1.807) is 0 Å². The maximum atomic E-state index is 5.89. The number of aryl methyl sites for hydroxylation is 4. The molecule has 0 fully saturated rings. The number of nitrogens with one attached hydrogen (secondary N) is 1. The lowest BCUT2D eigenvalue weighted by Crippen LogP contribution is -1.93. The minimum atomic E-state index is 0.936. The quantitative estimate of drug-likeness (QED) is 0.194. The van der Waals surface area contributed by atoms with Crippen molar-refractivity contribution in [1.29, 1.82) is 0 Å². The standard InChI is InChI=1S/C56H41N3/c1-33-17-25-37(26-18-33)47-48(38-27-19-34(2)20-28-38)52-42-12-6-8-14-44(42)54(58-52)50(40-31-23-36(4)24-32-40)56-46-16-10-9-15-45(46)55(59-56)49(39-29-21-35(3)22-30-39)53-43-13-7-5-11-41(43)51(47)57-53/h5-32,59H,1-4H3. The molecule has 0 radical (unpaired) electrons. The highest BCUT2D eigenvalue weighted by atomic mass is 14.8. The molecule has 3 heteroatoms. The second kappa shape index (κ2) is 13.6. The first-order chi connectivity index (χ1) is 28.9. The van der Waals surface area contributed by atoms with Crippen LogP contribution in [-0.4, -0.2) is 15.0 Å². The number of aromatic nitrogens is 3. The van der Waals surface area contributed by atoms with Gasteiger partial charge in [0.25, 0.3) is 0 Å². The van der Waals surface area contributed by atoms with Gasteiger partial charge in [-0.1, -0.05) is 192 Å². The summed E-state index contributed by atoms with van der Waals surface area (Å²) in [5, 5.41) is 2.28. The largest absolute Gasteiger partial charge is 0.353 e. The van der Waals surface area contributed by atoms with Crippen molar-refractivity contribution in [1.82, 2.24) is 15.0 Å². The maximum Gasteiger partial charge on any atom is 0.0816 e. The second-order valence-corrected chi connectivity index (χ2v) is 16.1. The first-order valence-corrected chi connectivity index (χ1v) is 20.4. The van der Waals surface area contributed by atoms with Crippen LogP contribution < -0.4 is 0 Å². The molecule has 2 aliphatic heterocycles. The Hall–Kier alpha value is -7.36. The Morgan fingerprint density at radius 2 is 0.542 bits per heavy atom. The Labute approximate surface area is 344 Å². The minimum absolute atomic E-state index is 0.936. The van der Waals surface area contributed by atoms with E-state index >= 15 is 0 Å². The molecule has 280 valence electrons. The molecule has 3 nitrogen and oxygen atoms in total. The van der Waals surface area contributed by atoms with Crippen molar-refractivity contribution in [3.8, 4) is 89.5 Å². The summed E-state index contributed by atoms with van der Waals surface area (Å²) in [6.07, 6.45) is 0. The van der Waals surface area contributed by atoms with E-state index in [4.69, 9.17) is 9.97 Å². The molecule has 8 aromatic rings. The number of hydrogen-bond acceptors (Lipinski definition) is 2. The Morgan fingerprint density at radius 1 is 0.288 bits per heavy atom. The number of hydrogen-bond donors (Lipinski definition) is 1. The molecule has 1 aliphatic carbocycles. The van der Waals surface area contributed by atoms with Crippen LogP contribution in [0.5, 0.6) is 0 Å². The lowest BCUT2D eigenvalue weighted by Gasteiger charge is -2.15. The third-order valence-electron chi connectivity index (χ3n) is 12.1. The van der Waals surface area contributed by atoms with Gasteiger partial charge in [0.05, 0.1) is 33.8 Å². The number of aromatic amines is 1. The zero-order chi connectivity index (χ0) is 39.8. The van der Waals surface area contributed by atoms with Gasteiger partial charge < -0.3 is 4.98 Å². The molecular formula is C56H41N3. The summed E-state index contributed by atoms with van der Waals surface area (Å²) in [6.45, 7) is 8.59. The first kappa shape index (κ1) is 34.9. The SMILES string of the molecule is Cc1ccc(-c2c3nc(c(-c4ccc(C)cc4)c4[nH]c(c(-c5ccc(C)cc5)c5nc(c2-c2ccc(C)cc2)-c2ccccc2-5)c2ccccc42)-c2ccccc2-3)cc1. The van der Waals surface area contributed by atoms with Crippen LogP contribution in [0.4, 0.5) is 0 Å². The number of rotatable bonds is 4. The maximum absolute atomic E-state index is 5.89. The predicted octanol–water partition coefficient (Wildman–Crippen LogP) is 15.0. The van der Waals surface area contributed by atoms with E-state index in [0.717, 1.165) is 111 Å². The van der Waals surface area contributed by atoms with Crippen LogP contribution in [0.1, 0.15) is 22.3 Å². The normalized spacial score (nSPS) is 11.7. The van der Waals surface area contributed by atoms with E-state index in [1.807, 2.05) is 0 Å². The van der Waals surface area contributed by atoms with E-state index in [-0.39, 0.29) is 0 Å². The van der Waals surface area contributed by atoms with Gasteiger partial charge >= 0.3 is 0 Å². The molecule has 0 spiro atoms. The van der Waals surface area contributed by atoms with Crippen molar-refractivity contribution in [3.05, 3.63) is 192 Å². The fourth-order valence-corrected chi connectivity index (χ4v) is 9.07. The lowest BCUT2D eigenvalue weighted by atomic mass is 9.87. The number of benzene rings is 7. The molecular weight excluding hydrogens is 715 g/mol. The average Bonchev–Trinajstić information content (AvgIpc) is 3.95. The summed E-state index contributed by atoms with van der Waals surface area (Å²) in [6, 6.07) is 62.0. The van der Waals surface area contributed by atoms with Crippen molar-refractivity contribution in [3.63, 3.8) is 0 Å². The fraction of sp³-hybridized carbons (Fsp3) is 0.0714. The van der Waals surface area contributed by atoms with Crippen LogP contribution in [0, 0.1) is 27.7 Å². The minimum Gasteiger partial charge on any atom is -0.353 e. The Kier molecular flexibility index (Phi) is 8.06. The van der Waals surface area contributed by atoms with Crippen molar-refractivity contribution < 1.29 is 0 Å². The van der Waals surface area contributed by atoms with E-state index in [2.05, 4.69) is 203 Å². The average molecular weight is 756 g/mol. The molecule has 1 aromatic heterocycles. The summed E-state index contributed by atoms with van der Waals surface area (Å²) in [4.78, 5) is 15.9. The third-order valence-corrected chi connectivity index (χ3v) is 12.1. The van der Waals surface area contributed by atoms with Crippen molar-refractivity contribution in [2.75, 3.05) is 0 Å². The van der Waals surface area contributed by atoms with Gasteiger partial charge in [0, 0.05) is 55.3 Å². The Balaban J connectivity index is 1.49. The van der Waals surface area contributed by atoms with Gasteiger partial charge in [-0.15, -0.1) is 0 Å². The second-order valence-electron chi connectivity index (χ2n) is 16.1. The molecule has 11 rings (SSSR count). The molecule has 6 bridgehead atoms. The van der Waals surface area contributed by atoms with E-state index in [0.29, 0.717) is 0 Å². The monoisotopic (exact) mass is 755 g/mol. The topological polar surface area (TPSA) is 41.6 Å². The van der Waals surface area contributed by atoms with Gasteiger partial charge in [-0.05, 0) is 49.9 Å². The molecule has 1 N–H and O–H groups in total. The van der Waals surface area contributed by atoms with Crippen LogP contribution in [0.3, 0.4) is 0 Å². The Morgan fingerprint density at radius 3 is 0.847 bits per heavy atom. The first-order valence-electron chi connectivity index (χ1n) is 20.4. The van der Waals surface area contributed by atoms with Crippen LogP contribution in [0.25, 0.3) is 111 Å². The molecule has 0 unspecified atom stereocenters. The van der Waals surface area contributed by atoms with Gasteiger partial charge in [-0.3, -0.25) is 0 Å². The zero-order valence-corrected chi connectivity index (χ0v) is 33.6. The van der Waals surface area contributed by atoms with Crippen LogP contribution in [0.2, 0.25) is 0 Å². The summed E-state index contributed by atoms with van der Waals surface area (Å²) in [7, 11) is 0. The van der Waals surface area contributed by atoms with Crippen molar-refractivity contribution in [2.45, 2.75) is 27.7 Å². The molecule has 3 aliphatic rings. The van der Waals surface area contributed by atoms with Gasteiger partial charge in [0.1, 0.15) is 0 Å². The highest BCUT2D eigenvalue weighted by molar-refractivity contribution is 6.19. The third kappa shape index (κ3) is 5.65. The van der Waals surface area contributed by atoms with Gasteiger partial charge in [0.15, 0.2) is 0 Å². The van der Waals surface area contributed by atoms with E-state index in [9.17, 15) is 0 Å². The molecule has 0 saturated carbocycles. The van der Waals surface area contributed by atoms with Gasteiger partial charge in [0.2, 0.25) is 0 Å². The van der Waals surface area contributed by atoms with Crippen LogP contribution in [-0.2, 0) is 0 Å². The molecule has 3 heterocycles. The van der Waals surface area contributed by atoms with Gasteiger partial charge in [-0.2, -0.15) is 0 Å². The summed E-state index contributed by atoms with van der Waals surface area (Å²) >= 11 is 0. The lowest BCUT2D eigenvalue weighted by molar-refractivity contribution is 1.38. The fourth-order valence-electron chi connectivity index (χ4n) is 9.07. The predicted molar refractivity (Wildman–Crippen MR) is 247 cm³/mol. The van der Waals surface area contributed by atoms with E-state index in [1.165, 1.54) is 22.3 Å². The number of H-pyrrole nitrogens is 1. The molecule has 0 amide bonds. The number of nitrogens with zero attached hydrogens (tertiary/aromatic N) is 2. The summed E-state index contributed by atoms with van der Waals surface area (Å²) in [5.74, 6) is 0. The molecule has 0 saturated heterocycles. The van der Waals surface area contributed by atoms with E-state index < -0.39 is 0 Å². The molecule has 59 heavy (non-hydrogen) atoms. The Bertz CT molecular complexity index is 3040. The molecule has 0 atom stereocenters. The zero-order valence-electron chi connectivity index (χ0n) is 33.6. The molecule has 7 aromatic carbocycles. The summed E-state index contributed by atoms with van der Waals surface area (Å²) in [5.41, 5.74) is 23.7. The van der Waals surface area contributed by atoms with Crippen molar-refractivity contribution >= 4 is 21.8 Å². The smallest absolute Gasteiger partial charge is 0.0816 e. The van der Waals surface area contributed by atoms with Gasteiger partial charge in [-0.25, -0.2) is 9.97 Å². The highest BCUT2D eigenvalue weighted by Crippen LogP contribution is 2.53. The van der Waals surface area contributed by atoms with Crippen LogP contribution in [0.15, 0.2) is 170 Å². The van der Waals surface area contributed by atoms with Crippen molar-refractivity contribution in [2.24, 2.45) is 0 Å². The highest BCUT2D eigenvalue weighted by Gasteiger charge is 2.31.